The third-order valence-electron chi connectivity index (χ3n) is 2.30. The first-order valence-electron chi connectivity index (χ1n) is 5.23. The molecule has 0 atom stereocenters. The maximum atomic E-state index is 11.8. The van der Waals surface area contributed by atoms with Crippen LogP contribution in [-0.4, -0.2) is 25.5 Å². The lowest BCUT2D eigenvalue weighted by Gasteiger charge is -2.19. The van der Waals surface area contributed by atoms with Crippen molar-refractivity contribution in [3.63, 3.8) is 0 Å². The zero-order valence-electron chi connectivity index (χ0n) is 9.93. The Hall–Kier alpha value is -1.03. The lowest BCUT2D eigenvalue weighted by molar-refractivity contribution is 0.340. The molecule has 0 unspecified atom stereocenters. The van der Waals surface area contributed by atoms with Gasteiger partial charge in [0.1, 0.15) is 12.4 Å². The maximum absolute atomic E-state index is 11.8. The number of ether oxygens (including phenoxy) is 1. The van der Waals surface area contributed by atoms with Crippen LogP contribution in [-0.2, 0) is 9.84 Å². The summed E-state index contributed by atoms with van der Waals surface area (Å²) in [5.41, 5.74) is 0. The fraction of sp³-hybridized carbons (Fsp3) is 0.500. The molecule has 3 nitrogen and oxygen atoms in total. The lowest BCUT2D eigenvalue weighted by atomic mass is 10.3. The molecule has 16 heavy (non-hydrogen) atoms. The van der Waals surface area contributed by atoms with Crippen molar-refractivity contribution in [2.24, 2.45) is 0 Å². The van der Waals surface area contributed by atoms with Crippen LogP contribution in [0.2, 0.25) is 0 Å². The van der Waals surface area contributed by atoms with Gasteiger partial charge in [-0.15, -0.1) is 0 Å². The molecular formula is C12H18O3S. The second-order valence-corrected chi connectivity index (χ2v) is 7.46. The summed E-state index contributed by atoms with van der Waals surface area (Å²) in [5, 5.41) is 0. The quantitative estimate of drug-likeness (QED) is 0.813. The van der Waals surface area contributed by atoms with Gasteiger partial charge in [-0.1, -0.05) is 18.2 Å². The van der Waals surface area contributed by atoms with E-state index in [0.717, 1.165) is 0 Å². The summed E-state index contributed by atoms with van der Waals surface area (Å²) < 4.78 is 28.2. The third-order valence-corrected chi connectivity index (χ3v) is 4.87. The van der Waals surface area contributed by atoms with Crippen molar-refractivity contribution in [1.29, 1.82) is 0 Å². The first-order chi connectivity index (χ1) is 7.33. The Labute approximate surface area is 97.4 Å². The minimum Gasteiger partial charge on any atom is -0.493 e. The van der Waals surface area contributed by atoms with Gasteiger partial charge in [0.15, 0.2) is 9.84 Å². The van der Waals surface area contributed by atoms with E-state index in [0.29, 0.717) is 5.75 Å². The minimum atomic E-state index is -3.09. The highest BCUT2D eigenvalue weighted by molar-refractivity contribution is 7.92. The molecule has 0 spiro atoms. The molecule has 0 fully saturated rings. The zero-order chi connectivity index (χ0) is 12.2. The Bertz CT molecular complexity index is 415. The standard InChI is InChI=1S/C12H18O3S/c1-12(2,3)16(13,14)10-9-15-11-7-5-4-6-8-11/h4-8H,9-10H2,1-3H3. The Morgan fingerprint density at radius 3 is 2.19 bits per heavy atom. The predicted molar refractivity (Wildman–Crippen MR) is 65.5 cm³/mol. The summed E-state index contributed by atoms with van der Waals surface area (Å²) in [5.74, 6) is 0.748. The van der Waals surface area contributed by atoms with Crippen molar-refractivity contribution in [3.8, 4) is 5.75 Å². The average molecular weight is 242 g/mol. The van der Waals surface area contributed by atoms with E-state index in [-0.39, 0.29) is 12.4 Å². The van der Waals surface area contributed by atoms with Crippen LogP contribution in [0.15, 0.2) is 30.3 Å². The van der Waals surface area contributed by atoms with E-state index in [4.69, 9.17) is 4.74 Å². The Morgan fingerprint density at radius 1 is 1.12 bits per heavy atom. The molecular weight excluding hydrogens is 224 g/mol. The number of para-hydroxylation sites is 1. The van der Waals surface area contributed by atoms with E-state index in [2.05, 4.69) is 0 Å². The molecule has 0 aliphatic rings. The maximum Gasteiger partial charge on any atom is 0.158 e. The third kappa shape index (κ3) is 3.52. The SMILES string of the molecule is CC(C)(C)S(=O)(=O)CCOc1ccccc1. The summed E-state index contributed by atoms with van der Waals surface area (Å²) in [6.07, 6.45) is 0. The molecule has 0 bridgehead atoms. The van der Waals surface area contributed by atoms with Crippen molar-refractivity contribution in [1.82, 2.24) is 0 Å². The molecule has 1 aromatic carbocycles. The highest BCUT2D eigenvalue weighted by Crippen LogP contribution is 2.16. The van der Waals surface area contributed by atoms with Gasteiger partial charge in [0, 0.05) is 0 Å². The van der Waals surface area contributed by atoms with Crippen LogP contribution in [0.5, 0.6) is 5.75 Å². The number of hydrogen-bond donors (Lipinski definition) is 0. The van der Waals surface area contributed by atoms with E-state index in [1.54, 1.807) is 20.8 Å². The second kappa shape index (κ2) is 4.87. The number of hydrogen-bond acceptors (Lipinski definition) is 3. The number of benzene rings is 1. The van der Waals surface area contributed by atoms with Crippen molar-refractivity contribution < 1.29 is 13.2 Å². The van der Waals surface area contributed by atoms with Crippen molar-refractivity contribution in [3.05, 3.63) is 30.3 Å². The molecule has 0 aromatic heterocycles. The Morgan fingerprint density at radius 2 is 1.69 bits per heavy atom. The van der Waals surface area contributed by atoms with Crippen LogP contribution < -0.4 is 4.74 Å². The molecule has 4 heteroatoms. The average Bonchev–Trinajstić information content (AvgIpc) is 2.17. The van der Waals surface area contributed by atoms with Crippen LogP contribution >= 0.6 is 0 Å². The molecule has 0 radical (unpaired) electrons. The van der Waals surface area contributed by atoms with Gasteiger partial charge in [0.25, 0.3) is 0 Å². The van der Waals surface area contributed by atoms with E-state index in [1.165, 1.54) is 0 Å². The van der Waals surface area contributed by atoms with Crippen LogP contribution in [0, 0.1) is 0 Å². The van der Waals surface area contributed by atoms with Gasteiger partial charge in [-0.25, -0.2) is 8.42 Å². The van der Waals surface area contributed by atoms with E-state index in [9.17, 15) is 8.42 Å². The van der Waals surface area contributed by atoms with Gasteiger partial charge in [0.05, 0.1) is 10.5 Å². The smallest absolute Gasteiger partial charge is 0.158 e. The van der Waals surface area contributed by atoms with Crippen molar-refractivity contribution in [2.75, 3.05) is 12.4 Å². The molecule has 0 aliphatic carbocycles. The number of sulfone groups is 1. The summed E-state index contributed by atoms with van der Waals surface area (Å²) >= 11 is 0. The molecule has 0 saturated heterocycles. The van der Waals surface area contributed by atoms with E-state index >= 15 is 0 Å². The number of rotatable bonds is 4. The summed E-state index contributed by atoms with van der Waals surface area (Å²) in [6, 6.07) is 9.22. The van der Waals surface area contributed by atoms with Gasteiger partial charge in [0.2, 0.25) is 0 Å². The molecule has 0 saturated carbocycles. The van der Waals surface area contributed by atoms with E-state index in [1.807, 2.05) is 30.3 Å². The van der Waals surface area contributed by atoms with Crippen LogP contribution in [0.1, 0.15) is 20.8 Å². The summed E-state index contributed by atoms with van der Waals surface area (Å²) in [4.78, 5) is 0. The normalized spacial score (nSPS) is 12.4. The largest absolute Gasteiger partial charge is 0.493 e. The van der Waals surface area contributed by atoms with Gasteiger partial charge in [-0.2, -0.15) is 0 Å². The highest BCUT2D eigenvalue weighted by Gasteiger charge is 2.28. The van der Waals surface area contributed by atoms with Crippen LogP contribution in [0.25, 0.3) is 0 Å². The van der Waals surface area contributed by atoms with Crippen molar-refractivity contribution in [2.45, 2.75) is 25.5 Å². The van der Waals surface area contributed by atoms with Gasteiger partial charge in [-0.3, -0.25) is 0 Å². The second-order valence-electron chi connectivity index (χ2n) is 4.59. The minimum absolute atomic E-state index is 0.0470. The fourth-order valence-electron chi connectivity index (χ4n) is 1.09. The van der Waals surface area contributed by atoms with E-state index < -0.39 is 14.6 Å². The highest BCUT2D eigenvalue weighted by atomic mass is 32.2. The lowest BCUT2D eigenvalue weighted by Crippen LogP contribution is -2.32. The van der Waals surface area contributed by atoms with Crippen LogP contribution in [0.4, 0.5) is 0 Å². The summed E-state index contributed by atoms with van der Waals surface area (Å²) in [6.45, 7) is 5.30. The van der Waals surface area contributed by atoms with Gasteiger partial charge in [-0.05, 0) is 32.9 Å². The van der Waals surface area contributed by atoms with Crippen molar-refractivity contribution >= 4 is 9.84 Å². The first kappa shape index (κ1) is 13.0. The predicted octanol–water partition coefficient (Wildman–Crippen LogP) is 2.28. The Kier molecular flexibility index (Phi) is 3.97. The molecule has 0 amide bonds. The molecule has 0 N–H and O–H groups in total. The Balaban J connectivity index is 2.49. The van der Waals surface area contributed by atoms with Gasteiger partial charge >= 0.3 is 0 Å². The summed E-state index contributed by atoms with van der Waals surface area (Å²) in [7, 11) is -3.09. The molecule has 90 valence electrons. The molecule has 1 aromatic rings. The molecule has 0 heterocycles. The zero-order valence-corrected chi connectivity index (χ0v) is 10.8. The first-order valence-corrected chi connectivity index (χ1v) is 6.88. The van der Waals surface area contributed by atoms with Crippen LogP contribution in [0.3, 0.4) is 0 Å². The van der Waals surface area contributed by atoms with Gasteiger partial charge < -0.3 is 4.74 Å². The molecule has 1 rings (SSSR count). The topological polar surface area (TPSA) is 43.4 Å². The molecule has 0 aliphatic heterocycles. The monoisotopic (exact) mass is 242 g/mol. The fourth-order valence-corrected chi connectivity index (χ4v) is 2.01.